The predicted molar refractivity (Wildman–Crippen MR) is 82.1 cm³/mol. The van der Waals surface area contributed by atoms with E-state index in [1.165, 1.54) is 47.8 Å². The molecule has 1 atom stereocenters. The second-order valence-electron chi connectivity index (χ2n) is 5.00. The third-order valence-corrected chi connectivity index (χ3v) is 4.51. The lowest BCUT2D eigenvalue weighted by atomic mass is 10.00. The van der Waals surface area contributed by atoms with Gasteiger partial charge in [-0.25, -0.2) is 0 Å². The summed E-state index contributed by atoms with van der Waals surface area (Å²) in [6.45, 7) is 2.25. The minimum atomic E-state index is 0.211. The molecule has 18 heavy (non-hydrogen) atoms. The van der Waals surface area contributed by atoms with Crippen LogP contribution in [0.15, 0.2) is 29.6 Å². The van der Waals surface area contributed by atoms with Crippen LogP contribution in [-0.2, 0) is 0 Å². The predicted octanol–water partition coefficient (Wildman–Crippen LogP) is 5.26. The third kappa shape index (κ3) is 3.33. The first-order valence-corrected chi connectivity index (χ1v) is 7.92. The van der Waals surface area contributed by atoms with E-state index in [2.05, 4.69) is 36.6 Å². The van der Waals surface area contributed by atoms with Gasteiger partial charge in [0.2, 0.25) is 0 Å². The molecule has 0 spiro atoms. The lowest BCUT2D eigenvalue weighted by Gasteiger charge is -2.10. The first-order valence-electron chi connectivity index (χ1n) is 7.04. The molecule has 0 radical (unpaired) electrons. The molecule has 98 valence electrons. The maximum atomic E-state index is 6.33. The monoisotopic (exact) mass is 261 g/mol. The summed E-state index contributed by atoms with van der Waals surface area (Å²) in [6.07, 6.45) is 7.71. The van der Waals surface area contributed by atoms with Crippen LogP contribution in [0, 0.1) is 0 Å². The highest BCUT2D eigenvalue weighted by Gasteiger charge is 2.10. The Morgan fingerprint density at radius 2 is 1.89 bits per heavy atom. The van der Waals surface area contributed by atoms with E-state index in [0.29, 0.717) is 0 Å². The fourth-order valence-electron chi connectivity index (χ4n) is 2.41. The number of fused-ring (bicyclic) bond motifs is 1. The first-order chi connectivity index (χ1) is 8.83. The molecule has 2 heteroatoms. The Bertz CT molecular complexity index is 475. The summed E-state index contributed by atoms with van der Waals surface area (Å²) >= 11 is 1.81. The van der Waals surface area contributed by atoms with Gasteiger partial charge in [0.15, 0.2) is 0 Å². The summed E-state index contributed by atoms with van der Waals surface area (Å²) in [5.41, 5.74) is 7.67. The zero-order valence-electron chi connectivity index (χ0n) is 11.2. The van der Waals surface area contributed by atoms with Crippen molar-refractivity contribution in [2.75, 3.05) is 0 Å². The van der Waals surface area contributed by atoms with Crippen molar-refractivity contribution in [3.8, 4) is 0 Å². The Morgan fingerprint density at radius 1 is 1.11 bits per heavy atom. The van der Waals surface area contributed by atoms with Crippen molar-refractivity contribution in [1.82, 2.24) is 0 Å². The van der Waals surface area contributed by atoms with Gasteiger partial charge in [-0.2, -0.15) is 0 Å². The Kier molecular flexibility index (Phi) is 5.21. The molecule has 0 bridgehead atoms. The Balaban J connectivity index is 1.90. The smallest absolute Gasteiger partial charge is 0.0346 e. The summed E-state index contributed by atoms with van der Waals surface area (Å²) in [7, 11) is 0. The van der Waals surface area contributed by atoms with E-state index in [4.69, 9.17) is 5.73 Å². The van der Waals surface area contributed by atoms with E-state index in [9.17, 15) is 0 Å². The summed E-state index contributed by atoms with van der Waals surface area (Å²) in [5.74, 6) is 0. The number of nitrogens with two attached hydrogens (primary N) is 1. The number of rotatable bonds is 7. The molecule has 0 aliphatic rings. The molecule has 0 saturated carbocycles. The molecule has 1 heterocycles. The van der Waals surface area contributed by atoms with Crippen molar-refractivity contribution in [3.63, 3.8) is 0 Å². The molecule has 2 aromatic rings. The maximum Gasteiger partial charge on any atom is 0.0346 e. The Morgan fingerprint density at radius 3 is 2.72 bits per heavy atom. The Labute approximate surface area is 114 Å². The lowest BCUT2D eigenvalue weighted by Crippen LogP contribution is -2.09. The van der Waals surface area contributed by atoms with Crippen LogP contribution in [0.5, 0.6) is 0 Å². The summed E-state index contributed by atoms with van der Waals surface area (Å²) in [6, 6.07) is 8.78. The molecular weight excluding hydrogens is 238 g/mol. The van der Waals surface area contributed by atoms with E-state index in [1.54, 1.807) is 0 Å². The average Bonchev–Trinajstić information content (AvgIpc) is 2.82. The largest absolute Gasteiger partial charge is 0.324 e. The molecule has 0 fully saturated rings. The number of unbranched alkanes of at least 4 members (excludes halogenated alkanes) is 4. The standard InChI is InChI=1S/C16H23NS/c1-2-3-4-5-6-10-15(17)14-12-18-16-11-8-7-9-13(14)16/h7-9,11-12,15H,2-6,10,17H2,1H3. The van der Waals surface area contributed by atoms with Crippen LogP contribution in [0.1, 0.15) is 57.1 Å². The molecule has 2 rings (SSSR count). The highest BCUT2D eigenvalue weighted by Crippen LogP contribution is 2.31. The quantitative estimate of drug-likeness (QED) is 0.676. The van der Waals surface area contributed by atoms with Crippen molar-refractivity contribution in [3.05, 3.63) is 35.2 Å². The van der Waals surface area contributed by atoms with E-state index in [1.807, 2.05) is 11.3 Å². The molecule has 1 unspecified atom stereocenters. The van der Waals surface area contributed by atoms with E-state index < -0.39 is 0 Å². The fourth-order valence-corrected chi connectivity index (χ4v) is 3.43. The van der Waals surface area contributed by atoms with Crippen LogP contribution >= 0.6 is 11.3 Å². The van der Waals surface area contributed by atoms with Gasteiger partial charge in [0.05, 0.1) is 0 Å². The number of benzene rings is 1. The molecular formula is C16H23NS. The zero-order chi connectivity index (χ0) is 12.8. The molecule has 0 aliphatic heterocycles. The SMILES string of the molecule is CCCCCCCC(N)c1csc2ccccc12. The van der Waals surface area contributed by atoms with Crippen LogP contribution < -0.4 is 5.73 Å². The van der Waals surface area contributed by atoms with Gasteiger partial charge in [-0.1, -0.05) is 57.2 Å². The van der Waals surface area contributed by atoms with Gasteiger partial charge in [0.1, 0.15) is 0 Å². The number of hydrogen-bond acceptors (Lipinski definition) is 2. The summed E-state index contributed by atoms with van der Waals surface area (Å²) < 4.78 is 1.36. The molecule has 2 N–H and O–H groups in total. The first kappa shape index (κ1) is 13.6. The summed E-state index contributed by atoms with van der Waals surface area (Å²) in [5, 5.41) is 3.59. The topological polar surface area (TPSA) is 26.0 Å². The summed E-state index contributed by atoms with van der Waals surface area (Å²) in [4.78, 5) is 0. The van der Waals surface area contributed by atoms with Crippen molar-refractivity contribution in [2.24, 2.45) is 5.73 Å². The van der Waals surface area contributed by atoms with Gasteiger partial charge >= 0.3 is 0 Å². The number of thiophene rings is 1. The average molecular weight is 261 g/mol. The second kappa shape index (κ2) is 6.91. The third-order valence-electron chi connectivity index (χ3n) is 3.53. The maximum absolute atomic E-state index is 6.33. The van der Waals surface area contributed by atoms with Gasteiger partial charge in [0.25, 0.3) is 0 Å². The minimum absolute atomic E-state index is 0.211. The van der Waals surface area contributed by atoms with Crippen molar-refractivity contribution in [2.45, 2.75) is 51.5 Å². The van der Waals surface area contributed by atoms with Gasteiger partial charge in [-0.05, 0) is 28.8 Å². The zero-order valence-corrected chi connectivity index (χ0v) is 12.0. The van der Waals surface area contributed by atoms with Gasteiger partial charge in [-0.3, -0.25) is 0 Å². The molecule has 1 aromatic heterocycles. The Hall–Kier alpha value is -0.860. The van der Waals surface area contributed by atoms with Gasteiger partial charge in [-0.15, -0.1) is 11.3 Å². The van der Waals surface area contributed by atoms with Gasteiger partial charge < -0.3 is 5.73 Å². The van der Waals surface area contributed by atoms with Crippen LogP contribution in [0.4, 0.5) is 0 Å². The van der Waals surface area contributed by atoms with E-state index >= 15 is 0 Å². The highest BCUT2D eigenvalue weighted by atomic mass is 32.1. The minimum Gasteiger partial charge on any atom is -0.324 e. The van der Waals surface area contributed by atoms with E-state index in [0.717, 1.165) is 6.42 Å². The lowest BCUT2D eigenvalue weighted by molar-refractivity contribution is 0.558. The van der Waals surface area contributed by atoms with Crippen LogP contribution in [0.25, 0.3) is 10.1 Å². The molecule has 0 aliphatic carbocycles. The van der Waals surface area contributed by atoms with Crippen LogP contribution in [-0.4, -0.2) is 0 Å². The molecule has 0 amide bonds. The van der Waals surface area contributed by atoms with E-state index in [-0.39, 0.29) is 6.04 Å². The highest BCUT2D eigenvalue weighted by molar-refractivity contribution is 7.17. The second-order valence-corrected chi connectivity index (χ2v) is 5.91. The van der Waals surface area contributed by atoms with Crippen molar-refractivity contribution < 1.29 is 0 Å². The van der Waals surface area contributed by atoms with Crippen LogP contribution in [0.3, 0.4) is 0 Å². The normalized spacial score (nSPS) is 13.0. The fraction of sp³-hybridized carbons (Fsp3) is 0.500. The molecule has 1 aromatic carbocycles. The van der Waals surface area contributed by atoms with Crippen molar-refractivity contribution >= 4 is 21.4 Å². The molecule has 0 saturated heterocycles. The van der Waals surface area contributed by atoms with Gasteiger partial charge in [0, 0.05) is 10.7 Å². The number of hydrogen-bond donors (Lipinski definition) is 1. The van der Waals surface area contributed by atoms with Crippen LogP contribution in [0.2, 0.25) is 0 Å². The molecule has 1 nitrogen and oxygen atoms in total. The van der Waals surface area contributed by atoms with Crippen molar-refractivity contribution in [1.29, 1.82) is 0 Å².